The maximum atomic E-state index is 13.0. The summed E-state index contributed by atoms with van der Waals surface area (Å²) in [4.78, 5) is 0.0693. The summed E-state index contributed by atoms with van der Waals surface area (Å²) in [5.74, 6) is 1.20. The van der Waals surface area contributed by atoms with Crippen LogP contribution >= 0.6 is 0 Å². The van der Waals surface area contributed by atoms with Crippen LogP contribution in [0.2, 0.25) is 0 Å². The molecular weight excluding hydrogens is 458 g/mol. The quantitative estimate of drug-likeness (QED) is 0.334. The fourth-order valence-corrected chi connectivity index (χ4v) is 4.39. The molecule has 0 bridgehead atoms. The topological polar surface area (TPSA) is 103 Å². The van der Waals surface area contributed by atoms with Crippen molar-refractivity contribution >= 4 is 27.9 Å². The van der Waals surface area contributed by atoms with Gasteiger partial charge in [-0.05, 0) is 48.9 Å². The first kappa shape index (κ1) is 24.8. The molecule has 2 N–H and O–H groups in total. The third kappa shape index (κ3) is 5.20. The van der Waals surface area contributed by atoms with Gasteiger partial charge in [0.2, 0.25) is 5.75 Å². The molecule has 0 amide bonds. The number of anilines is 1. The third-order valence-corrected chi connectivity index (χ3v) is 6.47. The Balaban J connectivity index is 2.05. The lowest BCUT2D eigenvalue weighted by atomic mass is 10.1. The van der Waals surface area contributed by atoms with E-state index in [9.17, 15) is 13.5 Å². The summed E-state index contributed by atoms with van der Waals surface area (Å²) >= 11 is 0. The fourth-order valence-electron chi connectivity index (χ4n) is 3.29. The predicted molar refractivity (Wildman–Crippen MR) is 132 cm³/mol. The van der Waals surface area contributed by atoms with Gasteiger partial charge < -0.3 is 24.1 Å². The van der Waals surface area contributed by atoms with Crippen molar-refractivity contribution in [2.45, 2.75) is 11.8 Å². The van der Waals surface area contributed by atoms with E-state index < -0.39 is 10.0 Å². The van der Waals surface area contributed by atoms with Crippen LogP contribution in [-0.4, -0.2) is 42.0 Å². The Bertz CT molecular complexity index is 1270. The Morgan fingerprint density at radius 2 is 1.38 bits per heavy atom. The van der Waals surface area contributed by atoms with Crippen LogP contribution in [0.15, 0.2) is 53.4 Å². The number of hydrogen-bond acceptors (Lipinski definition) is 7. The maximum absolute atomic E-state index is 13.0. The van der Waals surface area contributed by atoms with Gasteiger partial charge >= 0.3 is 0 Å². The van der Waals surface area contributed by atoms with Crippen molar-refractivity contribution in [3.8, 4) is 28.7 Å². The Kier molecular flexibility index (Phi) is 7.57. The summed E-state index contributed by atoms with van der Waals surface area (Å²) in [6, 6.07) is 13.1. The molecule has 0 aliphatic carbocycles. The second kappa shape index (κ2) is 10.4. The zero-order valence-electron chi connectivity index (χ0n) is 19.6. The summed E-state index contributed by atoms with van der Waals surface area (Å²) in [6.45, 7) is 1.86. The Morgan fingerprint density at radius 1 is 0.794 bits per heavy atom. The highest BCUT2D eigenvalue weighted by Gasteiger charge is 2.20. The fraction of sp³-hybridized carbons (Fsp3) is 0.200. The molecule has 34 heavy (non-hydrogen) atoms. The molecule has 0 aliphatic rings. The van der Waals surface area contributed by atoms with Gasteiger partial charge in [-0.1, -0.05) is 29.8 Å². The van der Waals surface area contributed by atoms with E-state index in [2.05, 4.69) is 4.72 Å². The molecule has 0 saturated carbocycles. The van der Waals surface area contributed by atoms with Crippen molar-refractivity contribution in [3.63, 3.8) is 0 Å². The van der Waals surface area contributed by atoms with Crippen LogP contribution in [0.4, 0.5) is 5.69 Å². The first-order chi connectivity index (χ1) is 16.2. The van der Waals surface area contributed by atoms with Gasteiger partial charge in [0.25, 0.3) is 10.0 Å². The SMILES string of the molecule is COc1ccc(/C=C\c2cc(OC)c(OC)c(OC)c2)c(NS(=O)(=O)c2ccc(C)cc2)c1O. The number of aromatic hydroxyl groups is 1. The van der Waals surface area contributed by atoms with Crippen molar-refractivity contribution in [2.24, 2.45) is 0 Å². The van der Waals surface area contributed by atoms with E-state index in [4.69, 9.17) is 18.9 Å². The molecule has 0 fully saturated rings. The van der Waals surface area contributed by atoms with E-state index in [0.29, 0.717) is 28.4 Å². The van der Waals surface area contributed by atoms with E-state index in [1.165, 1.54) is 40.6 Å². The third-order valence-electron chi connectivity index (χ3n) is 5.10. The molecule has 0 saturated heterocycles. The lowest BCUT2D eigenvalue weighted by Crippen LogP contribution is -2.14. The second-order valence-electron chi connectivity index (χ2n) is 7.29. The largest absolute Gasteiger partial charge is 0.503 e. The standard InChI is InChI=1S/C25H27NO7S/c1-16-6-11-19(12-7-16)34(28,29)26-23-18(10-13-20(30-2)24(23)27)9-8-17-14-21(31-3)25(33-5)22(15-17)32-4/h6-15,26-27H,1-5H3/b9-8-. The summed E-state index contributed by atoms with van der Waals surface area (Å²) < 4.78 is 49.8. The summed E-state index contributed by atoms with van der Waals surface area (Å²) in [5.41, 5.74) is 2.04. The number of aryl methyl sites for hydroxylation is 1. The number of hydrogen-bond donors (Lipinski definition) is 2. The molecule has 0 unspecified atom stereocenters. The minimum atomic E-state index is -3.97. The highest BCUT2D eigenvalue weighted by Crippen LogP contribution is 2.41. The number of phenols is 1. The first-order valence-corrected chi connectivity index (χ1v) is 11.7. The zero-order valence-corrected chi connectivity index (χ0v) is 20.4. The van der Waals surface area contributed by atoms with Crippen molar-refractivity contribution in [1.29, 1.82) is 0 Å². The minimum Gasteiger partial charge on any atom is -0.503 e. The lowest BCUT2D eigenvalue weighted by Gasteiger charge is -2.15. The molecule has 3 aromatic rings. The van der Waals surface area contributed by atoms with Gasteiger partial charge in [-0.2, -0.15) is 0 Å². The van der Waals surface area contributed by atoms with Crippen LogP contribution in [-0.2, 0) is 10.0 Å². The molecule has 0 spiro atoms. The number of rotatable bonds is 9. The number of methoxy groups -OCH3 is 4. The number of ether oxygens (including phenoxy) is 4. The first-order valence-electron chi connectivity index (χ1n) is 10.2. The molecule has 0 radical (unpaired) electrons. The van der Waals surface area contributed by atoms with Crippen molar-refractivity contribution in [1.82, 2.24) is 0 Å². The molecule has 3 aromatic carbocycles. The van der Waals surface area contributed by atoms with Crippen LogP contribution in [0.3, 0.4) is 0 Å². The summed E-state index contributed by atoms with van der Waals surface area (Å²) in [7, 11) is 1.97. The summed E-state index contributed by atoms with van der Waals surface area (Å²) in [6.07, 6.45) is 3.39. The second-order valence-corrected chi connectivity index (χ2v) is 8.97. The molecule has 0 atom stereocenters. The molecule has 0 heterocycles. The van der Waals surface area contributed by atoms with Crippen molar-refractivity contribution < 1.29 is 32.5 Å². The van der Waals surface area contributed by atoms with E-state index in [1.54, 1.807) is 48.6 Å². The minimum absolute atomic E-state index is 0.0105. The molecule has 180 valence electrons. The van der Waals surface area contributed by atoms with E-state index in [1.807, 2.05) is 6.92 Å². The monoisotopic (exact) mass is 485 g/mol. The Labute approximate surface area is 199 Å². The number of nitrogens with one attached hydrogen (secondary N) is 1. The van der Waals surface area contributed by atoms with Gasteiger partial charge in [0.05, 0.1) is 33.3 Å². The van der Waals surface area contributed by atoms with Crippen LogP contribution < -0.4 is 23.7 Å². The Hall–Kier alpha value is -3.85. The summed E-state index contributed by atoms with van der Waals surface area (Å²) in [5, 5.41) is 10.7. The van der Waals surface area contributed by atoms with E-state index >= 15 is 0 Å². The smallest absolute Gasteiger partial charge is 0.262 e. The number of phenolic OH excluding ortho intramolecular Hbond substituents is 1. The van der Waals surface area contributed by atoms with Gasteiger partial charge in [-0.25, -0.2) is 8.42 Å². The van der Waals surface area contributed by atoms with Crippen LogP contribution in [0.5, 0.6) is 28.7 Å². The average molecular weight is 486 g/mol. The van der Waals surface area contributed by atoms with Crippen molar-refractivity contribution in [3.05, 3.63) is 65.2 Å². The maximum Gasteiger partial charge on any atom is 0.262 e. The molecule has 0 aliphatic heterocycles. The van der Waals surface area contributed by atoms with Gasteiger partial charge in [-0.3, -0.25) is 4.72 Å². The van der Waals surface area contributed by atoms with Gasteiger partial charge in [-0.15, -0.1) is 0 Å². The normalized spacial score (nSPS) is 11.3. The van der Waals surface area contributed by atoms with Crippen LogP contribution in [0.1, 0.15) is 16.7 Å². The van der Waals surface area contributed by atoms with E-state index in [-0.39, 0.29) is 22.1 Å². The highest BCUT2D eigenvalue weighted by atomic mass is 32.2. The van der Waals surface area contributed by atoms with Crippen LogP contribution in [0, 0.1) is 6.92 Å². The predicted octanol–water partition coefficient (Wildman–Crippen LogP) is 4.71. The zero-order chi connectivity index (χ0) is 24.9. The van der Waals surface area contributed by atoms with Gasteiger partial charge in [0.15, 0.2) is 23.0 Å². The highest BCUT2D eigenvalue weighted by molar-refractivity contribution is 7.92. The molecular formula is C25H27NO7S. The van der Waals surface area contributed by atoms with Crippen LogP contribution in [0.25, 0.3) is 12.2 Å². The molecule has 9 heteroatoms. The van der Waals surface area contributed by atoms with Crippen molar-refractivity contribution in [2.75, 3.05) is 33.2 Å². The molecule has 3 rings (SSSR count). The van der Waals surface area contributed by atoms with Gasteiger partial charge in [0.1, 0.15) is 5.69 Å². The van der Waals surface area contributed by atoms with E-state index in [0.717, 1.165) is 5.56 Å². The molecule has 8 nitrogen and oxygen atoms in total. The Morgan fingerprint density at radius 3 is 1.91 bits per heavy atom. The number of sulfonamides is 1. The van der Waals surface area contributed by atoms with Gasteiger partial charge in [0, 0.05) is 5.56 Å². The lowest BCUT2D eigenvalue weighted by molar-refractivity contribution is 0.324. The molecule has 0 aromatic heterocycles. The number of benzene rings is 3. The average Bonchev–Trinajstić information content (AvgIpc) is 2.83.